The Hall–Kier alpha value is -1.10. The van der Waals surface area contributed by atoms with Crippen LogP contribution in [0.3, 0.4) is 0 Å². The summed E-state index contributed by atoms with van der Waals surface area (Å²) in [6.45, 7) is 5.22. The fourth-order valence-electron chi connectivity index (χ4n) is 1.34. The van der Waals surface area contributed by atoms with Gasteiger partial charge in [0.2, 0.25) is 0 Å². The lowest BCUT2D eigenvalue weighted by atomic mass is 9.80. The smallest absolute Gasteiger partial charge is 0.336 e. The minimum Gasteiger partial charge on any atom is -0.481 e. The standard InChI is InChI=1S/C9H16O5/c1-8(2,3)5-9(14,7(12)13)4-6(10)11/h14H,4-5H2,1-3H3,(H,10,11)(H,12,13). The van der Waals surface area contributed by atoms with E-state index in [2.05, 4.69) is 0 Å². The zero-order chi connectivity index (χ0) is 11.6. The molecule has 0 rings (SSSR count). The summed E-state index contributed by atoms with van der Waals surface area (Å²) in [5, 5.41) is 26.8. The van der Waals surface area contributed by atoms with Crippen LogP contribution < -0.4 is 0 Å². The maximum Gasteiger partial charge on any atom is 0.336 e. The van der Waals surface area contributed by atoms with Gasteiger partial charge in [-0.3, -0.25) is 4.79 Å². The van der Waals surface area contributed by atoms with E-state index >= 15 is 0 Å². The molecule has 0 aromatic heterocycles. The lowest BCUT2D eigenvalue weighted by molar-refractivity contribution is -0.168. The molecule has 0 bridgehead atoms. The molecule has 14 heavy (non-hydrogen) atoms. The summed E-state index contributed by atoms with van der Waals surface area (Å²) >= 11 is 0. The first-order chi connectivity index (χ1) is 6.07. The summed E-state index contributed by atoms with van der Waals surface area (Å²) in [6, 6.07) is 0. The van der Waals surface area contributed by atoms with Gasteiger partial charge in [-0.1, -0.05) is 20.8 Å². The van der Waals surface area contributed by atoms with Crippen molar-refractivity contribution in [3.05, 3.63) is 0 Å². The molecule has 0 aromatic carbocycles. The van der Waals surface area contributed by atoms with E-state index < -0.39 is 29.4 Å². The summed E-state index contributed by atoms with van der Waals surface area (Å²) < 4.78 is 0. The Bertz CT molecular complexity index is 240. The molecule has 0 amide bonds. The zero-order valence-corrected chi connectivity index (χ0v) is 8.57. The van der Waals surface area contributed by atoms with E-state index in [-0.39, 0.29) is 6.42 Å². The minimum atomic E-state index is -2.18. The molecule has 1 atom stereocenters. The number of aliphatic carboxylic acids is 2. The van der Waals surface area contributed by atoms with Gasteiger partial charge >= 0.3 is 11.9 Å². The van der Waals surface area contributed by atoms with Gasteiger partial charge in [0.15, 0.2) is 5.60 Å². The van der Waals surface area contributed by atoms with Crippen LogP contribution in [0.4, 0.5) is 0 Å². The van der Waals surface area contributed by atoms with E-state index in [0.29, 0.717) is 0 Å². The molecule has 3 N–H and O–H groups in total. The van der Waals surface area contributed by atoms with Crippen LogP contribution in [0.15, 0.2) is 0 Å². The van der Waals surface area contributed by atoms with Crippen molar-refractivity contribution in [1.29, 1.82) is 0 Å². The molecule has 0 heterocycles. The average Bonchev–Trinajstić information content (AvgIpc) is 1.79. The van der Waals surface area contributed by atoms with Crippen molar-refractivity contribution >= 4 is 11.9 Å². The van der Waals surface area contributed by atoms with Gasteiger partial charge in [-0.2, -0.15) is 0 Å². The van der Waals surface area contributed by atoms with Crippen molar-refractivity contribution in [3.63, 3.8) is 0 Å². The van der Waals surface area contributed by atoms with E-state index in [1.807, 2.05) is 0 Å². The van der Waals surface area contributed by atoms with Gasteiger partial charge in [-0.15, -0.1) is 0 Å². The lowest BCUT2D eigenvalue weighted by Gasteiger charge is -2.29. The summed E-state index contributed by atoms with van der Waals surface area (Å²) in [6.07, 6.45) is -0.874. The van der Waals surface area contributed by atoms with Crippen LogP contribution in [0, 0.1) is 5.41 Å². The summed E-state index contributed by atoms with van der Waals surface area (Å²) in [5.74, 6) is -2.81. The van der Waals surface area contributed by atoms with Crippen LogP contribution in [-0.2, 0) is 9.59 Å². The molecule has 0 aromatic rings. The van der Waals surface area contributed by atoms with Crippen LogP contribution in [0.2, 0.25) is 0 Å². The highest BCUT2D eigenvalue weighted by Gasteiger charge is 2.41. The van der Waals surface area contributed by atoms with Crippen molar-refractivity contribution in [1.82, 2.24) is 0 Å². The summed E-state index contributed by atoms with van der Waals surface area (Å²) in [7, 11) is 0. The second kappa shape index (κ2) is 3.96. The monoisotopic (exact) mass is 204 g/mol. The number of carbonyl (C=O) groups is 2. The largest absolute Gasteiger partial charge is 0.481 e. The van der Waals surface area contributed by atoms with Gasteiger partial charge < -0.3 is 15.3 Å². The number of aliphatic hydroxyl groups is 1. The molecule has 82 valence electrons. The molecule has 0 saturated heterocycles. The van der Waals surface area contributed by atoms with Crippen molar-refractivity contribution in [3.8, 4) is 0 Å². The molecule has 0 spiro atoms. The van der Waals surface area contributed by atoms with Gasteiger partial charge in [0.05, 0.1) is 6.42 Å². The van der Waals surface area contributed by atoms with E-state index in [1.54, 1.807) is 20.8 Å². The molecular weight excluding hydrogens is 188 g/mol. The molecule has 0 saturated carbocycles. The normalized spacial score (nSPS) is 16.0. The first kappa shape index (κ1) is 12.9. The average molecular weight is 204 g/mol. The fraction of sp³-hybridized carbons (Fsp3) is 0.778. The number of carboxylic acid groups (broad SMARTS) is 2. The highest BCUT2D eigenvalue weighted by atomic mass is 16.4. The molecule has 0 aliphatic heterocycles. The quantitative estimate of drug-likeness (QED) is 0.627. The van der Waals surface area contributed by atoms with Crippen molar-refractivity contribution in [2.24, 2.45) is 5.41 Å². The fourth-order valence-corrected chi connectivity index (χ4v) is 1.34. The topological polar surface area (TPSA) is 94.8 Å². The molecule has 0 aliphatic rings. The number of carboxylic acids is 2. The van der Waals surface area contributed by atoms with Gasteiger partial charge in [0.1, 0.15) is 0 Å². The van der Waals surface area contributed by atoms with Crippen LogP contribution in [0.25, 0.3) is 0 Å². The number of rotatable bonds is 4. The maximum absolute atomic E-state index is 10.7. The highest BCUT2D eigenvalue weighted by Crippen LogP contribution is 2.29. The van der Waals surface area contributed by atoms with E-state index in [9.17, 15) is 14.7 Å². The Labute approximate surface area is 82.4 Å². The molecule has 0 fully saturated rings. The first-order valence-electron chi connectivity index (χ1n) is 4.24. The number of hydrogen-bond acceptors (Lipinski definition) is 3. The SMILES string of the molecule is CC(C)(C)CC(O)(CC(=O)O)C(=O)O. The van der Waals surface area contributed by atoms with E-state index in [4.69, 9.17) is 10.2 Å². The van der Waals surface area contributed by atoms with Crippen LogP contribution in [0.1, 0.15) is 33.6 Å². The first-order valence-corrected chi connectivity index (χ1v) is 4.24. The number of hydrogen-bond donors (Lipinski definition) is 3. The van der Waals surface area contributed by atoms with Crippen LogP contribution in [0.5, 0.6) is 0 Å². The Kier molecular flexibility index (Phi) is 3.65. The second-order valence-corrected chi connectivity index (χ2v) is 4.64. The second-order valence-electron chi connectivity index (χ2n) is 4.64. The Morgan fingerprint density at radius 3 is 1.79 bits per heavy atom. The van der Waals surface area contributed by atoms with E-state index in [0.717, 1.165) is 0 Å². The lowest BCUT2D eigenvalue weighted by Crippen LogP contribution is -2.43. The van der Waals surface area contributed by atoms with Crippen molar-refractivity contribution in [2.45, 2.75) is 39.2 Å². The van der Waals surface area contributed by atoms with Crippen LogP contribution in [-0.4, -0.2) is 32.9 Å². The van der Waals surface area contributed by atoms with Gasteiger partial charge in [-0.25, -0.2) is 4.79 Å². The minimum absolute atomic E-state index is 0.0956. The van der Waals surface area contributed by atoms with Gasteiger partial charge in [0, 0.05) is 0 Å². The third kappa shape index (κ3) is 4.23. The summed E-state index contributed by atoms with van der Waals surface area (Å²) in [4.78, 5) is 21.1. The Balaban J connectivity index is 4.73. The van der Waals surface area contributed by atoms with Crippen LogP contribution >= 0.6 is 0 Å². The van der Waals surface area contributed by atoms with Crippen molar-refractivity contribution in [2.75, 3.05) is 0 Å². The maximum atomic E-state index is 10.7. The predicted molar refractivity (Wildman–Crippen MR) is 48.9 cm³/mol. The molecule has 0 radical (unpaired) electrons. The van der Waals surface area contributed by atoms with Crippen molar-refractivity contribution < 1.29 is 24.9 Å². The third-order valence-electron chi connectivity index (χ3n) is 1.66. The van der Waals surface area contributed by atoms with Gasteiger partial charge in [0.25, 0.3) is 0 Å². The Morgan fingerprint density at radius 2 is 1.57 bits per heavy atom. The third-order valence-corrected chi connectivity index (χ3v) is 1.66. The van der Waals surface area contributed by atoms with Gasteiger partial charge in [-0.05, 0) is 11.8 Å². The molecule has 1 unspecified atom stereocenters. The summed E-state index contributed by atoms with van der Waals surface area (Å²) in [5.41, 5.74) is -2.62. The predicted octanol–water partition coefficient (Wildman–Crippen LogP) is 0.713. The molecule has 5 heteroatoms. The molecule has 0 aliphatic carbocycles. The molecule has 5 nitrogen and oxygen atoms in total. The highest BCUT2D eigenvalue weighted by molar-refractivity contribution is 5.83. The Morgan fingerprint density at radius 1 is 1.14 bits per heavy atom. The molecular formula is C9H16O5. The van der Waals surface area contributed by atoms with E-state index in [1.165, 1.54) is 0 Å². The zero-order valence-electron chi connectivity index (χ0n) is 8.57.